The van der Waals surface area contributed by atoms with Gasteiger partial charge in [-0.25, -0.2) is 15.0 Å². The number of fused-ring (bicyclic) bond motifs is 2. The van der Waals surface area contributed by atoms with Crippen molar-refractivity contribution in [1.82, 2.24) is 24.8 Å². The fourth-order valence-electron chi connectivity index (χ4n) is 2.83. The maximum atomic E-state index is 5.64. The van der Waals surface area contributed by atoms with E-state index in [1.165, 1.54) is 0 Å². The fourth-order valence-corrected chi connectivity index (χ4v) is 2.83. The zero-order valence-electron chi connectivity index (χ0n) is 12.1. The highest BCUT2D eigenvalue weighted by atomic mass is 15.1. The second-order valence-electron chi connectivity index (χ2n) is 5.51. The van der Waals surface area contributed by atoms with Crippen molar-refractivity contribution in [3.05, 3.63) is 53.6 Å². The second-order valence-corrected chi connectivity index (χ2v) is 5.51. The topological polar surface area (TPSA) is 80.8 Å². The summed E-state index contributed by atoms with van der Waals surface area (Å²) in [5, 5.41) is 0. The quantitative estimate of drug-likeness (QED) is 0.772. The Morgan fingerprint density at radius 3 is 2.82 bits per heavy atom. The highest BCUT2D eigenvalue weighted by molar-refractivity contribution is 5.73. The summed E-state index contributed by atoms with van der Waals surface area (Å²) in [5.41, 5.74) is 10.7. The zero-order valence-corrected chi connectivity index (χ0v) is 12.1. The molecular formula is C16H16N6. The fraction of sp³-hybridized carbons (Fsp3) is 0.250. The van der Waals surface area contributed by atoms with Crippen LogP contribution in [-0.4, -0.2) is 31.4 Å². The average Bonchev–Trinajstić information content (AvgIpc) is 2.55. The molecule has 3 heterocycles. The number of benzene rings is 1. The van der Waals surface area contributed by atoms with E-state index in [1.807, 2.05) is 36.7 Å². The molecule has 110 valence electrons. The largest absolute Gasteiger partial charge is 0.368 e. The van der Waals surface area contributed by atoms with Crippen LogP contribution in [0.25, 0.3) is 11.0 Å². The van der Waals surface area contributed by atoms with Crippen molar-refractivity contribution in [2.45, 2.75) is 19.5 Å². The number of para-hydroxylation sites is 2. The molecule has 0 atom stereocenters. The summed E-state index contributed by atoms with van der Waals surface area (Å²) >= 11 is 0. The number of hydrogen-bond acceptors (Lipinski definition) is 6. The van der Waals surface area contributed by atoms with Gasteiger partial charge in [0, 0.05) is 37.8 Å². The minimum absolute atomic E-state index is 0.354. The Labute approximate surface area is 128 Å². The van der Waals surface area contributed by atoms with Gasteiger partial charge in [0.15, 0.2) is 0 Å². The minimum atomic E-state index is 0.354. The Kier molecular flexibility index (Phi) is 3.16. The lowest BCUT2D eigenvalue weighted by molar-refractivity contribution is 0.240. The second kappa shape index (κ2) is 5.31. The summed E-state index contributed by atoms with van der Waals surface area (Å²) in [6, 6.07) is 7.93. The maximum Gasteiger partial charge on any atom is 0.220 e. The van der Waals surface area contributed by atoms with Gasteiger partial charge in [0.25, 0.3) is 0 Å². The summed E-state index contributed by atoms with van der Waals surface area (Å²) in [6.45, 7) is 2.55. The Hall–Kier alpha value is -2.60. The van der Waals surface area contributed by atoms with Crippen molar-refractivity contribution in [2.24, 2.45) is 0 Å². The molecule has 1 aliphatic rings. The molecule has 0 saturated carbocycles. The van der Waals surface area contributed by atoms with E-state index < -0.39 is 0 Å². The van der Waals surface area contributed by atoms with Crippen LogP contribution in [0.2, 0.25) is 0 Å². The SMILES string of the molecule is Nc1ncc2c(n1)CCN(Cc1cnc3ccccc3n1)C2. The van der Waals surface area contributed by atoms with E-state index in [-0.39, 0.29) is 0 Å². The third-order valence-electron chi connectivity index (χ3n) is 3.92. The van der Waals surface area contributed by atoms with Crippen LogP contribution >= 0.6 is 0 Å². The van der Waals surface area contributed by atoms with Gasteiger partial charge in [0.2, 0.25) is 5.95 Å². The van der Waals surface area contributed by atoms with Crippen LogP contribution in [0, 0.1) is 0 Å². The van der Waals surface area contributed by atoms with Gasteiger partial charge in [0.1, 0.15) is 0 Å². The van der Waals surface area contributed by atoms with Crippen LogP contribution < -0.4 is 5.73 Å². The highest BCUT2D eigenvalue weighted by Gasteiger charge is 2.18. The molecule has 22 heavy (non-hydrogen) atoms. The molecule has 1 aliphatic heterocycles. The number of rotatable bonds is 2. The van der Waals surface area contributed by atoms with Gasteiger partial charge in [-0.05, 0) is 12.1 Å². The molecule has 2 N–H and O–H groups in total. The molecule has 0 bridgehead atoms. The Morgan fingerprint density at radius 2 is 1.91 bits per heavy atom. The predicted octanol–water partition coefficient (Wildman–Crippen LogP) is 1.56. The van der Waals surface area contributed by atoms with Gasteiger partial charge in [-0.3, -0.25) is 9.88 Å². The van der Waals surface area contributed by atoms with Gasteiger partial charge in [-0.2, -0.15) is 0 Å². The number of hydrogen-bond donors (Lipinski definition) is 1. The van der Waals surface area contributed by atoms with E-state index in [2.05, 4.69) is 24.8 Å². The monoisotopic (exact) mass is 292 g/mol. The first-order valence-corrected chi connectivity index (χ1v) is 7.31. The summed E-state index contributed by atoms with van der Waals surface area (Å²) in [7, 11) is 0. The van der Waals surface area contributed by atoms with E-state index in [9.17, 15) is 0 Å². The molecule has 0 fully saturated rings. The molecule has 0 aliphatic carbocycles. The zero-order chi connectivity index (χ0) is 14.9. The van der Waals surface area contributed by atoms with Gasteiger partial charge < -0.3 is 5.73 Å². The van der Waals surface area contributed by atoms with E-state index in [4.69, 9.17) is 5.73 Å². The summed E-state index contributed by atoms with van der Waals surface area (Å²) < 4.78 is 0. The van der Waals surface area contributed by atoms with Crippen molar-refractivity contribution < 1.29 is 0 Å². The Balaban J connectivity index is 1.54. The molecule has 6 nitrogen and oxygen atoms in total. The predicted molar refractivity (Wildman–Crippen MR) is 83.8 cm³/mol. The summed E-state index contributed by atoms with van der Waals surface area (Å²) in [6.07, 6.45) is 4.58. The average molecular weight is 292 g/mol. The maximum absolute atomic E-state index is 5.64. The lowest BCUT2D eigenvalue weighted by atomic mass is 10.1. The first-order chi connectivity index (χ1) is 10.8. The number of aromatic nitrogens is 4. The number of nitrogens with two attached hydrogens (primary N) is 1. The third-order valence-corrected chi connectivity index (χ3v) is 3.92. The molecule has 1 aromatic carbocycles. The normalized spacial score (nSPS) is 14.9. The van der Waals surface area contributed by atoms with Crippen molar-refractivity contribution >= 4 is 17.0 Å². The molecule has 6 heteroatoms. The van der Waals surface area contributed by atoms with Crippen LogP contribution in [0.4, 0.5) is 5.95 Å². The van der Waals surface area contributed by atoms with E-state index in [0.29, 0.717) is 5.95 Å². The lowest BCUT2D eigenvalue weighted by Gasteiger charge is -2.27. The number of anilines is 1. The summed E-state index contributed by atoms with van der Waals surface area (Å²) in [4.78, 5) is 19.9. The van der Waals surface area contributed by atoms with E-state index >= 15 is 0 Å². The number of nitrogen functional groups attached to an aromatic ring is 1. The summed E-state index contributed by atoms with van der Waals surface area (Å²) in [5.74, 6) is 0.354. The number of nitrogens with zero attached hydrogens (tertiary/aromatic N) is 5. The van der Waals surface area contributed by atoms with Crippen LogP contribution in [0.15, 0.2) is 36.7 Å². The van der Waals surface area contributed by atoms with Crippen molar-refractivity contribution in [3.63, 3.8) is 0 Å². The minimum Gasteiger partial charge on any atom is -0.368 e. The van der Waals surface area contributed by atoms with Crippen molar-refractivity contribution in [1.29, 1.82) is 0 Å². The lowest BCUT2D eigenvalue weighted by Crippen LogP contribution is -2.31. The van der Waals surface area contributed by atoms with Gasteiger partial charge >= 0.3 is 0 Å². The van der Waals surface area contributed by atoms with Crippen molar-refractivity contribution in [2.75, 3.05) is 12.3 Å². The molecule has 3 aromatic rings. The Bertz CT molecular complexity index is 832. The molecule has 0 spiro atoms. The molecule has 0 radical (unpaired) electrons. The molecule has 0 saturated heterocycles. The van der Waals surface area contributed by atoms with Crippen LogP contribution in [0.3, 0.4) is 0 Å². The van der Waals surface area contributed by atoms with E-state index in [1.54, 1.807) is 0 Å². The molecular weight excluding hydrogens is 276 g/mol. The van der Waals surface area contributed by atoms with Gasteiger partial charge in [0.05, 0.1) is 28.6 Å². The first-order valence-electron chi connectivity index (χ1n) is 7.31. The van der Waals surface area contributed by atoms with Crippen molar-refractivity contribution in [3.8, 4) is 0 Å². The smallest absolute Gasteiger partial charge is 0.220 e. The van der Waals surface area contributed by atoms with Gasteiger partial charge in [-0.15, -0.1) is 0 Å². The van der Waals surface area contributed by atoms with Crippen LogP contribution in [0.5, 0.6) is 0 Å². The Morgan fingerprint density at radius 1 is 1.05 bits per heavy atom. The standard InChI is InChI=1S/C16H16N6/c17-16-19-7-11-9-22(6-5-13(11)21-16)10-12-8-18-14-3-1-2-4-15(14)20-12/h1-4,7-8H,5-6,9-10H2,(H2,17,19,21). The first kappa shape index (κ1) is 13.1. The molecule has 0 unspecified atom stereocenters. The third kappa shape index (κ3) is 2.48. The molecule has 0 amide bonds. The molecule has 4 rings (SSSR count). The van der Waals surface area contributed by atoms with E-state index in [0.717, 1.165) is 54.0 Å². The highest BCUT2D eigenvalue weighted by Crippen LogP contribution is 2.19. The van der Waals surface area contributed by atoms with Gasteiger partial charge in [-0.1, -0.05) is 12.1 Å². The van der Waals surface area contributed by atoms with Crippen LogP contribution in [-0.2, 0) is 19.5 Å². The van der Waals surface area contributed by atoms with Crippen LogP contribution in [0.1, 0.15) is 17.0 Å². The molecule has 2 aromatic heterocycles.